The molecule has 0 atom stereocenters. The van der Waals surface area contributed by atoms with Crippen LogP contribution in [0.25, 0.3) is 11.0 Å². The fourth-order valence-corrected chi connectivity index (χ4v) is 4.38. The summed E-state index contributed by atoms with van der Waals surface area (Å²) in [4.78, 5) is 27.6. The molecule has 0 aliphatic carbocycles. The van der Waals surface area contributed by atoms with Crippen molar-refractivity contribution in [2.24, 2.45) is 5.92 Å². The molecule has 1 aromatic heterocycles. The molecule has 0 unspecified atom stereocenters. The number of nitrogens with zero attached hydrogens (tertiary/aromatic N) is 1. The molecule has 0 spiro atoms. The van der Waals surface area contributed by atoms with Crippen LogP contribution in [0.2, 0.25) is 0 Å². The standard InChI is InChI=1S/C24H25BrN2O3/c25-19-6-7-22-20(14-19)23(28)21(16-30-22)24(29)26-11-8-17-9-12-27(13-10-17)15-18-4-2-1-3-5-18/h1-7,14,16-17H,8-13,15H2,(H,26,29). The molecule has 2 heterocycles. The summed E-state index contributed by atoms with van der Waals surface area (Å²) in [6.07, 6.45) is 4.45. The molecule has 30 heavy (non-hydrogen) atoms. The predicted molar refractivity (Wildman–Crippen MR) is 122 cm³/mol. The number of rotatable bonds is 6. The van der Waals surface area contributed by atoms with Gasteiger partial charge in [0.05, 0.1) is 5.39 Å². The molecule has 4 rings (SSSR count). The highest BCUT2D eigenvalue weighted by molar-refractivity contribution is 9.10. The Kier molecular flexibility index (Phi) is 6.65. The summed E-state index contributed by atoms with van der Waals surface area (Å²) in [6.45, 7) is 3.73. The average Bonchev–Trinajstić information content (AvgIpc) is 2.76. The molecule has 0 radical (unpaired) electrons. The summed E-state index contributed by atoms with van der Waals surface area (Å²) in [6, 6.07) is 15.8. The molecule has 1 saturated heterocycles. The molecule has 1 aliphatic heterocycles. The molecule has 3 aromatic rings. The van der Waals surface area contributed by atoms with Gasteiger partial charge in [-0.2, -0.15) is 0 Å². The third-order valence-electron chi connectivity index (χ3n) is 5.77. The molecule has 1 amide bonds. The van der Waals surface area contributed by atoms with Gasteiger partial charge >= 0.3 is 0 Å². The predicted octanol–water partition coefficient (Wildman–Crippen LogP) is 4.59. The molecule has 156 valence electrons. The molecule has 2 aromatic carbocycles. The van der Waals surface area contributed by atoms with Crippen molar-refractivity contribution in [2.45, 2.75) is 25.8 Å². The summed E-state index contributed by atoms with van der Waals surface area (Å²) in [5, 5.41) is 3.30. The summed E-state index contributed by atoms with van der Waals surface area (Å²) in [7, 11) is 0. The zero-order valence-electron chi connectivity index (χ0n) is 16.8. The number of halogens is 1. The number of nitrogens with one attached hydrogen (secondary N) is 1. The van der Waals surface area contributed by atoms with Crippen LogP contribution in [0, 0.1) is 5.92 Å². The first-order valence-electron chi connectivity index (χ1n) is 10.4. The Balaban J connectivity index is 1.26. The number of hydrogen-bond acceptors (Lipinski definition) is 4. The van der Waals surface area contributed by atoms with E-state index in [9.17, 15) is 9.59 Å². The minimum absolute atomic E-state index is 0.0540. The molecule has 1 N–H and O–H groups in total. The number of carbonyl (C=O) groups excluding carboxylic acids is 1. The van der Waals surface area contributed by atoms with Crippen LogP contribution in [0.3, 0.4) is 0 Å². The van der Waals surface area contributed by atoms with Crippen molar-refractivity contribution in [3.63, 3.8) is 0 Å². The van der Waals surface area contributed by atoms with E-state index in [-0.39, 0.29) is 16.9 Å². The maximum atomic E-state index is 12.6. The van der Waals surface area contributed by atoms with Gasteiger partial charge < -0.3 is 9.73 Å². The second kappa shape index (κ2) is 9.58. The quantitative estimate of drug-likeness (QED) is 0.574. The number of amides is 1. The van der Waals surface area contributed by atoms with E-state index in [1.54, 1.807) is 18.2 Å². The van der Waals surface area contributed by atoms with Crippen LogP contribution in [-0.2, 0) is 6.54 Å². The minimum atomic E-state index is -0.368. The minimum Gasteiger partial charge on any atom is -0.463 e. The Morgan fingerprint density at radius 3 is 2.67 bits per heavy atom. The van der Waals surface area contributed by atoms with Crippen LogP contribution in [0.1, 0.15) is 35.2 Å². The molecule has 5 nitrogen and oxygen atoms in total. The number of fused-ring (bicyclic) bond motifs is 1. The smallest absolute Gasteiger partial charge is 0.258 e. The monoisotopic (exact) mass is 468 g/mol. The Morgan fingerprint density at radius 1 is 1.13 bits per heavy atom. The highest BCUT2D eigenvalue weighted by Gasteiger charge is 2.20. The van der Waals surface area contributed by atoms with E-state index in [1.807, 2.05) is 6.07 Å². The van der Waals surface area contributed by atoms with Gasteiger partial charge in [-0.15, -0.1) is 0 Å². The van der Waals surface area contributed by atoms with Gasteiger partial charge in [-0.05, 0) is 62.0 Å². The van der Waals surface area contributed by atoms with Crippen LogP contribution in [0.5, 0.6) is 0 Å². The normalized spacial score (nSPS) is 15.4. The zero-order valence-corrected chi connectivity index (χ0v) is 18.4. The number of hydrogen-bond donors (Lipinski definition) is 1. The summed E-state index contributed by atoms with van der Waals surface area (Å²) < 4.78 is 6.25. The topological polar surface area (TPSA) is 62.6 Å². The third kappa shape index (κ3) is 4.99. The van der Waals surface area contributed by atoms with Crippen molar-refractivity contribution < 1.29 is 9.21 Å². The lowest BCUT2D eigenvalue weighted by molar-refractivity contribution is 0.0945. The highest BCUT2D eigenvalue weighted by Crippen LogP contribution is 2.22. The zero-order chi connectivity index (χ0) is 20.9. The lowest BCUT2D eigenvalue weighted by Crippen LogP contribution is -2.35. The fourth-order valence-electron chi connectivity index (χ4n) is 4.02. The van der Waals surface area contributed by atoms with Crippen LogP contribution in [0.15, 0.2) is 68.5 Å². The van der Waals surface area contributed by atoms with E-state index < -0.39 is 0 Å². The average molecular weight is 469 g/mol. The number of carbonyl (C=O) groups is 1. The second-order valence-electron chi connectivity index (χ2n) is 7.87. The van der Waals surface area contributed by atoms with Gasteiger partial charge in [0.2, 0.25) is 5.43 Å². The number of piperidine rings is 1. The molecule has 0 saturated carbocycles. The molecular formula is C24H25BrN2O3. The highest BCUT2D eigenvalue weighted by atomic mass is 79.9. The van der Waals surface area contributed by atoms with Crippen molar-refractivity contribution in [1.82, 2.24) is 10.2 Å². The Morgan fingerprint density at radius 2 is 1.90 bits per heavy atom. The summed E-state index contributed by atoms with van der Waals surface area (Å²) in [5.41, 5.74) is 1.58. The van der Waals surface area contributed by atoms with E-state index in [2.05, 4.69) is 50.4 Å². The van der Waals surface area contributed by atoms with Gasteiger partial charge in [0.25, 0.3) is 5.91 Å². The molecule has 1 fully saturated rings. The van der Waals surface area contributed by atoms with E-state index in [0.29, 0.717) is 23.4 Å². The van der Waals surface area contributed by atoms with Crippen molar-refractivity contribution in [3.05, 3.63) is 80.6 Å². The number of likely N-dealkylation sites (tertiary alicyclic amines) is 1. The fraction of sp³-hybridized carbons (Fsp3) is 0.333. The number of benzene rings is 2. The van der Waals surface area contributed by atoms with Crippen LogP contribution in [0.4, 0.5) is 0 Å². The lowest BCUT2D eigenvalue weighted by Gasteiger charge is -2.32. The first-order valence-corrected chi connectivity index (χ1v) is 11.1. The van der Waals surface area contributed by atoms with E-state index in [1.165, 1.54) is 11.8 Å². The Hall–Kier alpha value is -2.44. The lowest BCUT2D eigenvalue weighted by atomic mass is 9.93. The maximum Gasteiger partial charge on any atom is 0.258 e. The maximum absolute atomic E-state index is 12.6. The third-order valence-corrected chi connectivity index (χ3v) is 6.27. The second-order valence-corrected chi connectivity index (χ2v) is 8.78. The van der Waals surface area contributed by atoms with Gasteiger partial charge in [-0.25, -0.2) is 0 Å². The SMILES string of the molecule is O=C(NCCC1CCN(Cc2ccccc2)CC1)c1coc2ccc(Br)cc2c1=O. The molecular weight excluding hydrogens is 444 g/mol. The Labute approximate surface area is 184 Å². The van der Waals surface area contributed by atoms with E-state index in [4.69, 9.17) is 4.42 Å². The van der Waals surface area contributed by atoms with Crippen LogP contribution < -0.4 is 10.7 Å². The van der Waals surface area contributed by atoms with Gasteiger partial charge in [0, 0.05) is 17.6 Å². The van der Waals surface area contributed by atoms with Gasteiger partial charge in [-0.3, -0.25) is 14.5 Å². The van der Waals surface area contributed by atoms with E-state index in [0.717, 1.165) is 43.4 Å². The molecule has 0 bridgehead atoms. The summed E-state index contributed by atoms with van der Waals surface area (Å²) >= 11 is 3.35. The molecule has 1 aliphatic rings. The van der Waals surface area contributed by atoms with Crippen molar-refractivity contribution in [2.75, 3.05) is 19.6 Å². The van der Waals surface area contributed by atoms with Crippen molar-refractivity contribution in [3.8, 4) is 0 Å². The van der Waals surface area contributed by atoms with Crippen LogP contribution in [-0.4, -0.2) is 30.4 Å². The molecule has 6 heteroatoms. The Bertz CT molecular complexity index is 1070. The largest absolute Gasteiger partial charge is 0.463 e. The summed E-state index contributed by atoms with van der Waals surface area (Å²) in [5.74, 6) is 0.230. The van der Waals surface area contributed by atoms with Crippen molar-refractivity contribution in [1.29, 1.82) is 0 Å². The van der Waals surface area contributed by atoms with Crippen LogP contribution >= 0.6 is 15.9 Å². The van der Waals surface area contributed by atoms with E-state index >= 15 is 0 Å². The first kappa shape index (κ1) is 20.8. The van der Waals surface area contributed by atoms with Crippen molar-refractivity contribution >= 4 is 32.8 Å². The first-order chi connectivity index (χ1) is 14.6. The van der Waals surface area contributed by atoms with Gasteiger partial charge in [0.1, 0.15) is 17.4 Å². The van der Waals surface area contributed by atoms with Gasteiger partial charge in [0.15, 0.2) is 0 Å². The van der Waals surface area contributed by atoms with Gasteiger partial charge in [-0.1, -0.05) is 46.3 Å².